The lowest BCUT2D eigenvalue weighted by atomic mass is 10.0. The van der Waals surface area contributed by atoms with Crippen molar-refractivity contribution in [3.8, 4) is 0 Å². The molecular formula is C9H18OP. The lowest BCUT2D eigenvalue weighted by molar-refractivity contribution is 0.488. The van der Waals surface area contributed by atoms with E-state index in [1.165, 1.54) is 32.1 Å². The van der Waals surface area contributed by atoms with Gasteiger partial charge in [-0.3, -0.25) is 4.57 Å². The molecule has 0 amide bonds. The molecule has 0 aromatic rings. The Labute approximate surface area is 70.4 Å². The quantitative estimate of drug-likeness (QED) is 0.583. The molecule has 1 unspecified atom stereocenters. The third-order valence-electron chi connectivity index (χ3n) is 2.44. The van der Waals surface area contributed by atoms with Crippen molar-refractivity contribution in [1.29, 1.82) is 0 Å². The van der Waals surface area contributed by atoms with Crippen LogP contribution in [0.25, 0.3) is 0 Å². The van der Waals surface area contributed by atoms with Gasteiger partial charge in [-0.1, -0.05) is 33.1 Å². The first-order chi connectivity index (χ1) is 5.22. The molecule has 65 valence electrons. The highest BCUT2D eigenvalue weighted by atomic mass is 31.1. The maximum absolute atomic E-state index is 11.6. The van der Waals surface area contributed by atoms with Crippen LogP contribution in [0.5, 0.6) is 0 Å². The summed E-state index contributed by atoms with van der Waals surface area (Å²) in [6.07, 6.45) is 6.40. The molecule has 0 N–H and O–H groups in total. The van der Waals surface area contributed by atoms with E-state index in [-0.39, 0.29) is 0 Å². The van der Waals surface area contributed by atoms with Gasteiger partial charge in [0.1, 0.15) is 0 Å². The molecule has 1 saturated carbocycles. The second kappa shape index (κ2) is 4.21. The second-order valence-electron chi connectivity index (χ2n) is 3.75. The summed E-state index contributed by atoms with van der Waals surface area (Å²) < 4.78 is 11.6. The van der Waals surface area contributed by atoms with Gasteiger partial charge in [0.25, 0.3) is 0 Å². The Kier molecular flexibility index (Phi) is 3.51. The molecule has 1 atom stereocenters. The topological polar surface area (TPSA) is 17.1 Å². The molecule has 1 nitrogen and oxygen atoms in total. The minimum Gasteiger partial charge on any atom is -0.287 e. The van der Waals surface area contributed by atoms with E-state index in [2.05, 4.69) is 13.8 Å². The van der Waals surface area contributed by atoms with E-state index in [9.17, 15) is 4.57 Å². The zero-order valence-electron chi connectivity index (χ0n) is 7.55. The van der Waals surface area contributed by atoms with E-state index in [4.69, 9.17) is 0 Å². The number of hydrogen-bond donors (Lipinski definition) is 0. The van der Waals surface area contributed by atoms with Crippen LogP contribution in [0.4, 0.5) is 0 Å². The zero-order valence-corrected chi connectivity index (χ0v) is 8.44. The summed E-state index contributed by atoms with van der Waals surface area (Å²) in [6, 6.07) is 0. The van der Waals surface area contributed by atoms with Crippen molar-refractivity contribution in [1.82, 2.24) is 0 Å². The average molecular weight is 173 g/mol. The molecule has 2 heteroatoms. The average Bonchev–Trinajstić information content (AvgIpc) is 2.05. The first kappa shape index (κ1) is 9.19. The Bertz CT molecular complexity index is 136. The highest BCUT2D eigenvalue weighted by Crippen LogP contribution is 2.41. The summed E-state index contributed by atoms with van der Waals surface area (Å²) >= 11 is 0. The maximum atomic E-state index is 11.6. The van der Waals surface area contributed by atoms with Gasteiger partial charge < -0.3 is 0 Å². The van der Waals surface area contributed by atoms with E-state index in [0.29, 0.717) is 11.3 Å². The SMILES string of the molecule is CC(C)[P](=O)C1CCCCC1. The predicted molar refractivity (Wildman–Crippen MR) is 49.6 cm³/mol. The largest absolute Gasteiger partial charge is 0.287 e. The minimum absolute atomic E-state index is 0.396. The summed E-state index contributed by atoms with van der Waals surface area (Å²) in [5.74, 6) is 0. The molecule has 0 aromatic carbocycles. The smallest absolute Gasteiger partial charge is 0.0776 e. The van der Waals surface area contributed by atoms with Gasteiger partial charge in [0.15, 0.2) is 0 Å². The molecule has 1 fully saturated rings. The Morgan fingerprint density at radius 2 is 1.73 bits per heavy atom. The monoisotopic (exact) mass is 173 g/mol. The van der Waals surface area contributed by atoms with Crippen molar-refractivity contribution in [3.05, 3.63) is 0 Å². The van der Waals surface area contributed by atoms with Crippen molar-refractivity contribution < 1.29 is 4.57 Å². The summed E-state index contributed by atoms with van der Waals surface area (Å²) in [5.41, 5.74) is 0.951. The molecule has 1 aliphatic rings. The summed E-state index contributed by atoms with van der Waals surface area (Å²) in [7, 11) is -0.908. The Morgan fingerprint density at radius 1 is 1.18 bits per heavy atom. The van der Waals surface area contributed by atoms with E-state index in [1.54, 1.807) is 0 Å². The van der Waals surface area contributed by atoms with Gasteiger partial charge in [0.05, 0.1) is 7.80 Å². The van der Waals surface area contributed by atoms with Crippen LogP contribution in [0, 0.1) is 0 Å². The number of rotatable bonds is 2. The third kappa shape index (κ3) is 2.56. The van der Waals surface area contributed by atoms with Crippen LogP contribution in [0.2, 0.25) is 0 Å². The standard InChI is InChI=1S/C9H18OP/c1-8(2)11(10)9-6-4-3-5-7-9/h8-9H,3-7H2,1-2H3. The molecule has 1 radical (unpaired) electrons. The van der Waals surface area contributed by atoms with Gasteiger partial charge in [-0.05, 0) is 12.8 Å². The van der Waals surface area contributed by atoms with Crippen LogP contribution in [0.15, 0.2) is 0 Å². The van der Waals surface area contributed by atoms with Crippen LogP contribution in [0.3, 0.4) is 0 Å². The van der Waals surface area contributed by atoms with Gasteiger partial charge in [-0.2, -0.15) is 0 Å². The van der Waals surface area contributed by atoms with Gasteiger partial charge in [0.2, 0.25) is 0 Å². The van der Waals surface area contributed by atoms with E-state index in [1.807, 2.05) is 0 Å². The lowest BCUT2D eigenvalue weighted by Gasteiger charge is -2.21. The third-order valence-corrected chi connectivity index (χ3v) is 4.70. The van der Waals surface area contributed by atoms with E-state index in [0.717, 1.165) is 0 Å². The maximum Gasteiger partial charge on any atom is 0.0776 e. The van der Waals surface area contributed by atoms with Crippen molar-refractivity contribution in [2.24, 2.45) is 0 Å². The van der Waals surface area contributed by atoms with Gasteiger partial charge in [-0.15, -0.1) is 0 Å². The number of hydrogen-bond acceptors (Lipinski definition) is 1. The summed E-state index contributed by atoms with van der Waals surface area (Å²) in [5, 5.41) is 0. The van der Waals surface area contributed by atoms with Crippen LogP contribution >= 0.6 is 7.80 Å². The van der Waals surface area contributed by atoms with Gasteiger partial charge >= 0.3 is 0 Å². The molecule has 0 spiro atoms. The normalized spacial score (nSPS) is 22.3. The van der Waals surface area contributed by atoms with Gasteiger partial charge in [-0.25, -0.2) is 0 Å². The fraction of sp³-hybridized carbons (Fsp3) is 1.00. The van der Waals surface area contributed by atoms with Crippen LogP contribution in [-0.4, -0.2) is 11.3 Å². The molecular weight excluding hydrogens is 155 g/mol. The van der Waals surface area contributed by atoms with Crippen molar-refractivity contribution in [3.63, 3.8) is 0 Å². The first-order valence-electron chi connectivity index (χ1n) is 4.67. The Hall–Kier alpha value is 0.100. The van der Waals surface area contributed by atoms with Crippen molar-refractivity contribution >= 4 is 7.80 Å². The summed E-state index contributed by atoms with van der Waals surface area (Å²) in [4.78, 5) is 0. The fourth-order valence-electron chi connectivity index (χ4n) is 1.76. The van der Waals surface area contributed by atoms with E-state index < -0.39 is 7.80 Å². The Balaban J connectivity index is 2.39. The predicted octanol–water partition coefficient (Wildman–Crippen LogP) is 3.55. The highest BCUT2D eigenvalue weighted by molar-refractivity contribution is 7.46. The summed E-state index contributed by atoms with van der Waals surface area (Å²) in [6.45, 7) is 4.15. The second-order valence-corrected chi connectivity index (χ2v) is 6.23. The van der Waals surface area contributed by atoms with Crippen LogP contribution in [-0.2, 0) is 4.57 Å². The molecule has 1 aliphatic carbocycles. The van der Waals surface area contributed by atoms with Crippen LogP contribution < -0.4 is 0 Å². The zero-order chi connectivity index (χ0) is 8.27. The molecule has 0 heterocycles. The molecule has 0 saturated heterocycles. The lowest BCUT2D eigenvalue weighted by Crippen LogP contribution is -2.10. The molecule has 0 bridgehead atoms. The molecule has 0 aromatic heterocycles. The molecule has 11 heavy (non-hydrogen) atoms. The van der Waals surface area contributed by atoms with Gasteiger partial charge in [0, 0.05) is 11.3 Å². The minimum atomic E-state index is -0.908. The molecule has 1 rings (SSSR count). The Morgan fingerprint density at radius 3 is 2.18 bits per heavy atom. The van der Waals surface area contributed by atoms with Crippen LogP contribution in [0.1, 0.15) is 46.0 Å². The fourth-order valence-corrected chi connectivity index (χ4v) is 3.47. The van der Waals surface area contributed by atoms with Crippen molar-refractivity contribution in [2.75, 3.05) is 0 Å². The van der Waals surface area contributed by atoms with Crippen molar-refractivity contribution in [2.45, 2.75) is 57.3 Å². The van der Waals surface area contributed by atoms with E-state index >= 15 is 0 Å². The molecule has 0 aliphatic heterocycles. The highest BCUT2D eigenvalue weighted by Gasteiger charge is 2.21. The first-order valence-corrected chi connectivity index (χ1v) is 6.07.